The second-order valence-corrected chi connectivity index (χ2v) is 6.75. The van der Waals surface area contributed by atoms with Gasteiger partial charge in [-0.15, -0.1) is 0 Å². The standard InChI is InChI=1S/C18H14BrClFN3O2/c1-11(14-4-2-3-5-15(14)20)26-18(25)23-17-16(21)10-22-24(17)13-8-6-12(19)7-9-13/h2-11H,1H3,(H,23,25). The number of aromatic nitrogens is 2. The van der Waals surface area contributed by atoms with E-state index in [0.717, 1.165) is 10.7 Å². The highest BCUT2D eigenvalue weighted by Crippen LogP contribution is 2.26. The Morgan fingerprint density at radius 2 is 1.96 bits per heavy atom. The first-order valence-corrected chi connectivity index (χ1v) is 8.84. The van der Waals surface area contributed by atoms with Gasteiger partial charge < -0.3 is 4.74 Å². The van der Waals surface area contributed by atoms with Gasteiger partial charge in [0.05, 0.1) is 11.9 Å². The van der Waals surface area contributed by atoms with E-state index >= 15 is 0 Å². The lowest BCUT2D eigenvalue weighted by molar-refractivity contribution is 0.121. The molecule has 1 atom stereocenters. The Kier molecular flexibility index (Phi) is 5.58. The number of carbonyl (C=O) groups excluding carboxylic acids is 1. The smallest absolute Gasteiger partial charge is 0.413 e. The van der Waals surface area contributed by atoms with E-state index < -0.39 is 18.0 Å². The summed E-state index contributed by atoms with van der Waals surface area (Å²) in [6, 6.07) is 14.1. The summed E-state index contributed by atoms with van der Waals surface area (Å²) < 4.78 is 21.5. The molecule has 3 aromatic rings. The van der Waals surface area contributed by atoms with Crippen LogP contribution < -0.4 is 5.32 Å². The van der Waals surface area contributed by atoms with Crippen molar-refractivity contribution in [3.63, 3.8) is 0 Å². The average molecular weight is 439 g/mol. The second kappa shape index (κ2) is 7.88. The highest BCUT2D eigenvalue weighted by molar-refractivity contribution is 9.10. The number of hydrogen-bond donors (Lipinski definition) is 1. The van der Waals surface area contributed by atoms with Crippen LogP contribution in [0.1, 0.15) is 18.6 Å². The van der Waals surface area contributed by atoms with E-state index in [9.17, 15) is 9.18 Å². The van der Waals surface area contributed by atoms with Crippen molar-refractivity contribution in [2.45, 2.75) is 13.0 Å². The Hall–Kier alpha value is -2.38. The lowest BCUT2D eigenvalue weighted by atomic mass is 10.1. The molecule has 0 saturated heterocycles. The number of ether oxygens (including phenoxy) is 1. The van der Waals surface area contributed by atoms with Gasteiger partial charge >= 0.3 is 6.09 Å². The first-order valence-electron chi connectivity index (χ1n) is 7.67. The summed E-state index contributed by atoms with van der Waals surface area (Å²) in [6.45, 7) is 1.68. The van der Waals surface area contributed by atoms with Crippen LogP contribution in [-0.2, 0) is 4.74 Å². The summed E-state index contributed by atoms with van der Waals surface area (Å²) in [5.74, 6) is -0.779. The van der Waals surface area contributed by atoms with Crippen LogP contribution in [0, 0.1) is 5.82 Å². The molecule has 1 aromatic heterocycles. The van der Waals surface area contributed by atoms with E-state index in [0.29, 0.717) is 16.3 Å². The number of anilines is 1. The van der Waals surface area contributed by atoms with Gasteiger partial charge in [-0.25, -0.2) is 13.9 Å². The summed E-state index contributed by atoms with van der Waals surface area (Å²) in [7, 11) is 0. The minimum atomic E-state index is -0.810. The van der Waals surface area contributed by atoms with Crippen LogP contribution in [0.4, 0.5) is 15.0 Å². The van der Waals surface area contributed by atoms with Crippen molar-refractivity contribution in [2.75, 3.05) is 5.32 Å². The normalized spacial score (nSPS) is 11.8. The van der Waals surface area contributed by atoms with Crippen molar-refractivity contribution in [1.29, 1.82) is 0 Å². The lowest BCUT2D eigenvalue weighted by Crippen LogP contribution is -2.19. The zero-order valence-electron chi connectivity index (χ0n) is 13.6. The number of nitrogens with one attached hydrogen (secondary N) is 1. The maximum Gasteiger partial charge on any atom is 0.413 e. The molecule has 1 heterocycles. The number of rotatable bonds is 4. The van der Waals surface area contributed by atoms with Crippen LogP contribution in [0.3, 0.4) is 0 Å². The van der Waals surface area contributed by atoms with E-state index in [1.165, 1.54) is 4.68 Å². The van der Waals surface area contributed by atoms with Crippen molar-refractivity contribution in [1.82, 2.24) is 9.78 Å². The molecule has 8 heteroatoms. The molecule has 2 aromatic carbocycles. The van der Waals surface area contributed by atoms with Gasteiger partial charge in [-0.1, -0.05) is 45.7 Å². The third kappa shape index (κ3) is 4.05. The van der Waals surface area contributed by atoms with Gasteiger partial charge in [0.2, 0.25) is 0 Å². The molecule has 0 aliphatic carbocycles. The molecule has 3 rings (SSSR count). The Balaban J connectivity index is 1.77. The van der Waals surface area contributed by atoms with Gasteiger partial charge in [0, 0.05) is 15.1 Å². The van der Waals surface area contributed by atoms with Crippen molar-refractivity contribution in [2.24, 2.45) is 0 Å². The molecule has 5 nitrogen and oxygen atoms in total. The molecular weight excluding hydrogens is 425 g/mol. The summed E-state index contributed by atoms with van der Waals surface area (Å²) in [4.78, 5) is 12.2. The molecule has 0 aliphatic heterocycles. The number of nitrogens with zero attached hydrogens (tertiary/aromatic N) is 2. The van der Waals surface area contributed by atoms with E-state index in [4.69, 9.17) is 16.3 Å². The Labute approximate surface area is 162 Å². The van der Waals surface area contributed by atoms with Crippen molar-refractivity contribution >= 4 is 39.4 Å². The summed E-state index contributed by atoms with van der Waals surface area (Å²) in [5.41, 5.74) is 1.25. The first-order chi connectivity index (χ1) is 12.5. The molecule has 0 bridgehead atoms. The monoisotopic (exact) mass is 437 g/mol. The van der Waals surface area contributed by atoms with E-state index in [2.05, 4.69) is 26.3 Å². The van der Waals surface area contributed by atoms with Crippen LogP contribution >= 0.6 is 27.5 Å². The highest BCUT2D eigenvalue weighted by Gasteiger charge is 2.19. The van der Waals surface area contributed by atoms with Crippen LogP contribution in [0.25, 0.3) is 5.69 Å². The number of carbonyl (C=O) groups is 1. The van der Waals surface area contributed by atoms with Gasteiger partial charge in [0.15, 0.2) is 11.6 Å². The SMILES string of the molecule is CC(OC(=O)Nc1c(F)cnn1-c1ccc(Br)cc1)c1ccccc1Cl. The third-order valence-electron chi connectivity index (χ3n) is 3.64. The number of benzene rings is 2. The largest absolute Gasteiger partial charge is 0.441 e. The molecule has 1 amide bonds. The Bertz CT molecular complexity index is 930. The molecule has 0 fully saturated rings. The predicted molar refractivity (Wildman–Crippen MR) is 101 cm³/mol. The molecule has 1 N–H and O–H groups in total. The molecular formula is C18H14BrClFN3O2. The maximum atomic E-state index is 14.1. The van der Waals surface area contributed by atoms with E-state index in [-0.39, 0.29) is 5.82 Å². The van der Waals surface area contributed by atoms with Gasteiger partial charge in [0.1, 0.15) is 6.10 Å². The van der Waals surface area contributed by atoms with Gasteiger partial charge in [0.25, 0.3) is 0 Å². The van der Waals surface area contributed by atoms with Crippen molar-refractivity contribution in [3.05, 3.63) is 75.6 Å². The summed E-state index contributed by atoms with van der Waals surface area (Å²) in [5, 5.41) is 6.84. The maximum absolute atomic E-state index is 14.1. The Morgan fingerprint density at radius 1 is 1.27 bits per heavy atom. The minimum absolute atomic E-state index is 0.108. The molecule has 26 heavy (non-hydrogen) atoms. The zero-order chi connectivity index (χ0) is 18.7. The molecule has 0 radical (unpaired) electrons. The van der Waals surface area contributed by atoms with Crippen LogP contribution in [-0.4, -0.2) is 15.9 Å². The highest BCUT2D eigenvalue weighted by atomic mass is 79.9. The van der Waals surface area contributed by atoms with Crippen molar-refractivity contribution in [3.8, 4) is 5.69 Å². The molecule has 0 saturated carbocycles. The number of amides is 1. The van der Waals surface area contributed by atoms with Crippen molar-refractivity contribution < 1.29 is 13.9 Å². The van der Waals surface area contributed by atoms with Gasteiger partial charge in [-0.05, 0) is 37.3 Å². The fraction of sp³-hybridized carbons (Fsp3) is 0.111. The predicted octanol–water partition coefficient (Wildman–Crippen LogP) is 5.74. The fourth-order valence-corrected chi connectivity index (χ4v) is 2.93. The number of halogens is 3. The molecule has 0 spiro atoms. The van der Waals surface area contributed by atoms with E-state index in [1.807, 2.05) is 0 Å². The first kappa shape index (κ1) is 18.4. The van der Waals surface area contributed by atoms with Gasteiger partial charge in [-0.2, -0.15) is 5.10 Å². The van der Waals surface area contributed by atoms with Crippen LogP contribution in [0.2, 0.25) is 5.02 Å². The van der Waals surface area contributed by atoms with Crippen LogP contribution in [0.15, 0.2) is 59.2 Å². The lowest BCUT2D eigenvalue weighted by Gasteiger charge is -2.16. The molecule has 134 valence electrons. The summed E-state index contributed by atoms with van der Waals surface area (Å²) >= 11 is 9.43. The minimum Gasteiger partial charge on any atom is -0.441 e. The molecule has 0 aliphatic rings. The van der Waals surface area contributed by atoms with E-state index in [1.54, 1.807) is 55.5 Å². The van der Waals surface area contributed by atoms with Gasteiger partial charge in [-0.3, -0.25) is 5.32 Å². The molecule has 1 unspecified atom stereocenters. The Morgan fingerprint density at radius 3 is 2.65 bits per heavy atom. The zero-order valence-corrected chi connectivity index (χ0v) is 16.0. The quantitative estimate of drug-likeness (QED) is 0.565. The average Bonchev–Trinajstić information content (AvgIpc) is 2.96. The van der Waals surface area contributed by atoms with Crippen LogP contribution in [0.5, 0.6) is 0 Å². The third-order valence-corrected chi connectivity index (χ3v) is 4.52. The number of hydrogen-bond acceptors (Lipinski definition) is 3. The topological polar surface area (TPSA) is 56.1 Å². The summed E-state index contributed by atoms with van der Waals surface area (Å²) in [6.07, 6.45) is -0.388. The second-order valence-electron chi connectivity index (χ2n) is 5.42. The fourth-order valence-electron chi connectivity index (χ4n) is 2.37.